The third-order valence-corrected chi connectivity index (χ3v) is 10.1. The topological polar surface area (TPSA) is 49.6 Å². The number of hydrogen-bond donors (Lipinski definition) is 2. The third kappa shape index (κ3) is 5.25. The number of rotatable bonds is 5. The molecule has 10 rings (SSSR count). The summed E-state index contributed by atoms with van der Waals surface area (Å²) in [5, 5.41) is 14.6. The second kappa shape index (κ2) is 12.1. The molecule has 2 N–H and O–H groups in total. The minimum absolute atomic E-state index is 0.246. The van der Waals surface area contributed by atoms with E-state index in [4.69, 9.17) is 9.41 Å². The zero-order valence-corrected chi connectivity index (χ0v) is 27.8. The van der Waals surface area contributed by atoms with Gasteiger partial charge in [0.1, 0.15) is 29.3 Å². The van der Waals surface area contributed by atoms with Gasteiger partial charge in [-0.2, -0.15) is 0 Å². The number of fused-ring (bicyclic) bond motifs is 6. The van der Waals surface area contributed by atoms with Crippen molar-refractivity contribution in [2.24, 2.45) is 4.99 Å². The quantitative estimate of drug-likeness (QED) is 0.194. The molecule has 9 aromatic rings. The monoisotopic (exact) mass is 655 g/mol. The van der Waals surface area contributed by atoms with Gasteiger partial charge in [0.2, 0.25) is 0 Å². The van der Waals surface area contributed by atoms with Crippen LogP contribution in [-0.4, -0.2) is 5.84 Å². The molecule has 0 fully saturated rings. The molecule has 8 aromatic carbocycles. The van der Waals surface area contributed by atoms with Crippen LogP contribution in [0.2, 0.25) is 0 Å². The van der Waals surface area contributed by atoms with Gasteiger partial charge in [0.05, 0.1) is 0 Å². The SMILES string of the molecule is c1ccc(-c2ccc3c(c2)oc2c4ccccc4cc(C4NC(c5ccc(-c6ccc7ccccc7c6)cc5)=NC(c5ccccc5)N4)c32)cc1. The van der Waals surface area contributed by atoms with Crippen LogP contribution in [0.15, 0.2) is 185 Å². The first-order valence-corrected chi connectivity index (χ1v) is 17.4. The Morgan fingerprint density at radius 3 is 1.92 bits per heavy atom. The summed E-state index contributed by atoms with van der Waals surface area (Å²) in [4.78, 5) is 5.25. The molecule has 0 bridgehead atoms. The van der Waals surface area contributed by atoms with Crippen LogP contribution in [0.3, 0.4) is 0 Å². The summed E-state index contributed by atoms with van der Waals surface area (Å²) in [5.74, 6) is 0.845. The van der Waals surface area contributed by atoms with Crippen LogP contribution in [-0.2, 0) is 0 Å². The summed E-state index contributed by atoms with van der Waals surface area (Å²) < 4.78 is 6.78. The van der Waals surface area contributed by atoms with Crippen LogP contribution < -0.4 is 10.6 Å². The van der Waals surface area contributed by atoms with Crippen molar-refractivity contribution in [2.45, 2.75) is 12.3 Å². The van der Waals surface area contributed by atoms with E-state index in [0.29, 0.717) is 0 Å². The molecule has 0 radical (unpaired) electrons. The first kappa shape index (κ1) is 29.4. The Hall–Kier alpha value is -6.49. The molecule has 4 nitrogen and oxygen atoms in total. The van der Waals surface area contributed by atoms with Gasteiger partial charge in [-0.05, 0) is 68.2 Å². The molecule has 51 heavy (non-hydrogen) atoms. The number of amidine groups is 1. The highest BCUT2D eigenvalue weighted by Gasteiger charge is 2.29. The van der Waals surface area contributed by atoms with Crippen LogP contribution >= 0.6 is 0 Å². The third-order valence-electron chi connectivity index (χ3n) is 10.1. The van der Waals surface area contributed by atoms with E-state index in [-0.39, 0.29) is 12.3 Å². The van der Waals surface area contributed by atoms with Crippen molar-refractivity contribution in [1.29, 1.82) is 0 Å². The van der Waals surface area contributed by atoms with Crippen LogP contribution in [0.4, 0.5) is 0 Å². The Labute approximate surface area is 295 Å². The molecule has 1 aliphatic rings. The fourth-order valence-electron chi connectivity index (χ4n) is 7.54. The molecule has 0 saturated carbocycles. The number of nitrogens with one attached hydrogen (secondary N) is 2. The molecule has 0 spiro atoms. The smallest absolute Gasteiger partial charge is 0.143 e. The summed E-state index contributed by atoms with van der Waals surface area (Å²) in [6.07, 6.45) is -0.499. The second-order valence-electron chi connectivity index (χ2n) is 13.2. The summed E-state index contributed by atoms with van der Waals surface area (Å²) in [7, 11) is 0. The number of benzene rings is 8. The molecule has 242 valence electrons. The lowest BCUT2D eigenvalue weighted by Gasteiger charge is -2.32. The molecule has 0 amide bonds. The first-order valence-electron chi connectivity index (χ1n) is 17.4. The Morgan fingerprint density at radius 2 is 1.10 bits per heavy atom. The van der Waals surface area contributed by atoms with Gasteiger partial charge in [-0.15, -0.1) is 0 Å². The molecule has 2 heterocycles. The molecular formula is C47H33N3O. The predicted octanol–water partition coefficient (Wildman–Crippen LogP) is 11.6. The maximum atomic E-state index is 6.78. The van der Waals surface area contributed by atoms with Crippen LogP contribution in [0.25, 0.3) is 65.7 Å². The lowest BCUT2D eigenvalue weighted by molar-refractivity contribution is 0.411. The van der Waals surface area contributed by atoms with E-state index in [2.05, 4.69) is 174 Å². The highest BCUT2D eigenvalue weighted by molar-refractivity contribution is 6.17. The van der Waals surface area contributed by atoms with Gasteiger partial charge in [-0.3, -0.25) is 5.32 Å². The van der Waals surface area contributed by atoms with Crippen molar-refractivity contribution in [3.8, 4) is 22.3 Å². The average molecular weight is 656 g/mol. The fourth-order valence-corrected chi connectivity index (χ4v) is 7.54. The van der Waals surface area contributed by atoms with Crippen LogP contribution in [0.1, 0.15) is 29.0 Å². The van der Waals surface area contributed by atoms with E-state index in [0.717, 1.165) is 60.8 Å². The number of hydrogen-bond acceptors (Lipinski definition) is 4. The maximum absolute atomic E-state index is 6.78. The Balaban J connectivity index is 1.09. The molecule has 0 saturated heterocycles. The average Bonchev–Trinajstić information content (AvgIpc) is 3.60. The maximum Gasteiger partial charge on any atom is 0.143 e. The number of aliphatic imine (C=N–C) groups is 1. The first-order chi connectivity index (χ1) is 25.2. The minimum atomic E-state index is -0.253. The fraction of sp³-hybridized carbons (Fsp3) is 0.0426. The summed E-state index contributed by atoms with van der Waals surface area (Å²) in [6.45, 7) is 0. The van der Waals surface area contributed by atoms with Gasteiger partial charge in [0, 0.05) is 27.3 Å². The lowest BCUT2D eigenvalue weighted by Crippen LogP contribution is -2.45. The lowest BCUT2D eigenvalue weighted by atomic mass is 9.96. The van der Waals surface area contributed by atoms with E-state index in [1.165, 1.54) is 27.5 Å². The molecular weight excluding hydrogens is 623 g/mol. The van der Waals surface area contributed by atoms with Crippen molar-refractivity contribution < 1.29 is 4.42 Å². The van der Waals surface area contributed by atoms with Crippen molar-refractivity contribution in [2.75, 3.05) is 0 Å². The standard InChI is InChI=1S/C47H33N3O/c1-3-11-30(12-4-1)37-25-26-40-42(29-37)51-44-39-18-10-9-17-38(39)28-41(43(40)44)47-49-45(33-14-5-2-6-15-33)48-46(50-47)34-22-19-32(20-23-34)36-24-21-31-13-7-8-16-35(31)27-36/h1-29,45,47,49H,(H,48,50). The van der Waals surface area contributed by atoms with Gasteiger partial charge >= 0.3 is 0 Å². The Bertz CT molecular complexity index is 2750. The van der Waals surface area contributed by atoms with E-state index in [9.17, 15) is 0 Å². The highest BCUT2D eigenvalue weighted by Crippen LogP contribution is 2.41. The van der Waals surface area contributed by atoms with Crippen molar-refractivity contribution in [1.82, 2.24) is 10.6 Å². The van der Waals surface area contributed by atoms with Crippen molar-refractivity contribution in [3.05, 3.63) is 193 Å². The Morgan fingerprint density at radius 1 is 0.471 bits per heavy atom. The molecule has 2 unspecified atom stereocenters. The molecule has 1 aromatic heterocycles. The highest BCUT2D eigenvalue weighted by atomic mass is 16.3. The second-order valence-corrected chi connectivity index (χ2v) is 13.2. The summed E-state index contributed by atoms with van der Waals surface area (Å²) in [5.41, 5.74) is 9.70. The zero-order valence-electron chi connectivity index (χ0n) is 27.8. The van der Waals surface area contributed by atoms with Gasteiger partial charge in [-0.25, -0.2) is 4.99 Å². The summed E-state index contributed by atoms with van der Waals surface area (Å²) >= 11 is 0. The predicted molar refractivity (Wildman–Crippen MR) is 211 cm³/mol. The van der Waals surface area contributed by atoms with Crippen LogP contribution in [0.5, 0.6) is 0 Å². The molecule has 4 heteroatoms. The Kier molecular flexibility index (Phi) is 7.00. The van der Waals surface area contributed by atoms with Crippen molar-refractivity contribution >= 4 is 49.3 Å². The van der Waals surface area contributed by atoms with E-state index in [1.54, 1.807) is 0 Å². The normalized spacial score (nSPS) is 16.0. The molecule has 2 atom stereocenters. The zero-order chi connectivity index (χ0) is 33.7. The number of furan rings is 1. The van der Waals surface area contributed by atoms with Gasteiger partial charge in [0.15, 0.2) is 0 Å². The van der Waals surface area contributed by atoms with Crippen LogP contribution in [0, 0.1) is 0 Å². The van der Waals surface area contributed by atoms with Gasteiger partial charge in [-0.1, -0.05) is 152 Å². The van der Waals surface area contributed by atoms with Gasteiger partial charge < -0.3 is 9.73 Å². The largest absolute Gasteiger partial charge is 0.455 e. The number of nitrogens with zero attached hydrogens (tertiary/aromatic N) is 1. The van der Waals surface area contributed by atoms with E-state index >= 15 is 0 Å². The molecule has 1 aliphatic heterocycles. The molecule has 0 aliphatic carbocycles. The summed E-state index contributed by atoms with van der Waals surface area (Å²) in [6, 6.07) is 62.2. The minimum Gasteiger partial charge on any atom is -0.455 e. The van der Waals surface area contributed by atoms with E-state index < -0.39 is 0 Å². The van der Waals surface area contributed by atoms with Crippen molar-refractivity contribution in [3.63, 3.8) is 0 Å². The van der Waals surface area contributed by atoms with E-state index in [1.807, 2.05) is 12.1 Å². The van der Waals surface area contributed by atoms with Gasteiger partial charge in [0.25, 0.3) is 0 Å².